The number of likely N-dealkylation sites (N-methyl/N-ethyl adjacent to an activating group) is 1. The highest BCUT2D eigenvalue weighted by Crippen LogP contribution is 2.33. The van der Waals surface area contributed by atoms with Crippen molar-refractivity contribution in [2.24, 2.45) is 0 Å². The lowest BCUT2D eigenvalue weighted by molar-refractivity contribution is 0.144. The molecule has 1 aromatic carbocycles. The molecule has 0 bridgehead atoms. The van der Waals surface area contributed by atoms with Crippen LogP contribution in [0, 0.1) is 0 Å². The van der Waals surface area contributed by atoms with Crippen molar-refractivity contribution in [3.05, 3.63) is 23.2 Å². The van der Waals surface area contributed by atoms with Crippen molar-refractivity contribution >= 4 is 21.6 Å². The molecule has 23 heavy (non-hydrogen) atoms. The Kier molecular flexibility index (Phi) is 6.67. The number of methoxy groups -OCH3 is 1. The van der Waals surface area contributed by atoms with Gasteiger partial charge in [-0.15, -0.1) is 0 Å². The number of halogens is 1. The Labute approximate surface area is 142 Å². The smallest absolute Gasteiger partial charge is 0.247 e. The van der Waals surface area contributed by atoms with Gasteiger partial charge in [-0.1, -0.05) is 11.6 Å². The lowest BCUT2D eigenvalue weighted by Gasteiger charge is -2.25. The van der Waals surface area contributed by atoms with Gasteiger partial charge in [-0.05, 0) is 38.1 Å². The molecule has 1 N–H and O–H groups in total. The summed E-state index contributed by atoms with van der Waals surface area (Å²) in [6.45, 7) is 1.80. The van der Waals surface area contributed by atoms with Crippen LogP contribution in [0.3, 0.4) is 0 Å². The molecule has 0 amide bonds. The van der Waals surface area contributed by atoms with Gasteiger partial charge in [0.25, 0.3) is 0 Å². The van der Waals surface area contributed by atoms with Crippen molar-refractivity contribution in [3.63, 3.8) is 0 Å². The predicted octanol–water partition coefficient (Wildman–Crippen LogP) is 1.74. The molecule has 0 aromatic heterocycles. The summed E-state index contributed by atoms with van der Waals surface area (Å²) < 4.78 is 38.2. The molecule has 0 spiro atoms. The molecule has 1 aromatic rings. The molecule has 0 saturated carbocycles. The minimum atomic E-state index is -3.66. The van der Waals surface area contributed by atoms with Crippen LogP contribution < -0.4 is 10.1 Å². The van der Waals surface area contributed by atoms with E-state index in [1.54, 1.807) is 23.5 Å². The van der Waals surface area contributed by atoms with Crippen LogP contribution in [0.2, 0.25) is 5.02 Å². The van der Waals surface area contributed by atoms with Gasteiger partial charge in [0.15, 0.2) is 0 Å². The Morgan fingerprint density at radius 2 is 2.17 bits per heavy atom. The van der Waals surface area contributed by atoms with E-state index in [1.807, 2.05) is 7.05 Å². The van der Waals surface area contributed by atoms with Crippen LogP contribution in [-0.4, -0.2) is 59.2 Å². The normalized spacial score (nSPS) is 19.2. The number of rotatable bonds is 8. The van der Waals surface area contributed by atoms with Gasteiger partial charge in [0.05, 0.1) is 6.61 Å². The summed E-state index contributed by atoms with van der Waals surface area (Å²) in [5.74, 6) is 0.307. The molecular formula is C15H23ClN2O4S. The van der Waals surface area contributed by atoms with Crippen LogP contribution in [0.4, 0.5) is 0 Å². The summed E-state index contributed by atoms with van der Waals surface area (Å²) in [4.78, 5) is 0.115. The minimum absolute atomic E-state index is 0.0455. The maximum atomic E-state index is 13.1. The Bertz CT molecular complexity index is 624. The lowest BCUT2D eigenvalue weighted by atomic mass is 10.2. The highest BCUT2D eigenvalue weighted by Gasteiger charge is 2.36. The van der Waals surface area contributed by atoms with Crippen molar-refractivity contribution in [1.29, 1.82) is 0 Å². The standard InChI is InChI=1S/C15H23ClN2O4S/c1-17-11-13-4-3-7-18(13)23(19,20)15-10-12(16)5-6-14(15)22-9-8-21-2/h5-6,10,13,17H,3-4,7-9,11H2,1-2H3/t13-/m0/s1. The van der Waals surface area contributed by atoms with Crippen LogP contribution in [-0.2, 0) is 14.8 Å². The van der Waals surface area contributed by atoms with E-state index < -0.39 is 10.0 Å². The number of benzene rings is 1. The summed E-state index contributed by atoms with van der Waals surface area (Å²) in [5.41, 5.74) is 0. The summed E-state index contributed by atoms with van der Waals surface area (Å²) in [6, 6.07) is 4.62. The summed E-state index contributed by atoms with van der Waals surface area (Å²) >= 11 is 6.01. The molecule has 0 unspecified atom stereocenters. The van der Waals surface area contributed by atoms with Gasteiger partial charge >= 0.3 is 0 Å². The maximum absolute atomic E-state index is 13.1. The summed E-state index contributed by atoms with van der Waals surface area (Å²) in [6.07, 6.45) is 1.70. The van der Waals surface area contributed by atoms with Crippen LogP contribution >= 0.6 is 11.6 Å². The molecule has 0 radical (unpaired) electrons. The van der Waals surface area contributed by atoms with Gasteiger partial charge in [-0.25, -0.2) is 8.42 Å². The van der Waals surface area contributed by atoms with E-state index in [0.717, 1.165) is 12.8 Å². The van der Waals surface area contributed by atoms with Crippen LogP contribution in [0.1, 0.15) is 12.8 Å². The summed E-state index contributed by atoms with van der Waals surface area (Å²) in [7, 11) is -0.271. The van der Waals surface area contributed by atoms with Crippen molar-refractivity contribution < 1.29 is 17.9 Å². The van der Waals surface area contributed by atoms with Crippen LogP contribution in [0.15, 0.2) is 23.1 Å². The second-order valence-corrected chi connectivity index (χ2v) is 7.70. The molecule has 130 valence electrons. The van der Waals surface area contributed by atoms with Gasteiger partial charge in [0.2, 0.25) is 10.0 Å². The third-order valence-electron chi connectivity index (χ3n) is 3.80. The zero-order valence-corrected chi connectivity index (χ0v) is 15.0. The Morgan fingerprint density at radius 3 is 2.87 bits per heavy atom. The van der Waals surface area contributed by atoms with E-state index in [-0.39, 0.29) is 17.5 Å². The SMILES string of the molecule is CNC[C@@H]1CCCN1S(=O)(=O)c1cc(Cl)ccc1OCCOC. The molecule has 0 aliphatic carbocycles. The molecule has 8 heteroatoms. The Balaban J connectivity index is 2.32. The van der Waals surface area contributed by atoms with Crippen LogP contribution in [0.5, 0.6) is 5.75 Å². The number of nitrogens with one attached hydrogen (secondary N) is 1. The lowest BCUT2D eigenvalue weighted by Crippen LogP contribution is -2.40. The fraction of sp³-hybridized carbons (Fsp3) is 0.600. The Hall–Kier alpha value is -0.860. The number of hydrogen-bond donors (Lipinski definition) is 1. The molecular weight excluding hydrogens is 340 g/mol. The largest absolute Gasteiger partial charge is 0.490 e. The minimum Gasteiger partial charge on any atom is -0.490 e. The zero-order valence-electron chi connectivity index (χ0n) is 13.4. The number of sulfonamides is 1. The summed E-state index contributed by atoms with van der Waals surface area (Å²) in [5, 5.41) is 3.42. The highest BCUT2D eigenvalue weighted by atomic mass is 35.5. The first-order valence-electron chi connectivity index (χ1n) is 7.58. The van der Waals surface area contributed by atoms with E-state index >= 15 is 0 Å². The molecule has 1 heterocycles. The van der Waals surface area contributed by atoms with Crippen molar-refractivity contribution in [1.82, 2.24) is 9.62 Å². The first-order chi connectivity index (χ1) is 11.0. The van der Waals surface area contributed by atoms with E-state index in [2.05, 4.69) is 5.32 Å². The topological polar surface area (TPSA) is 67.9 Å². The molecule has 6 nitrogen and oxygen atoms in total. The quantitative estimate of drug-likeness (QED) is 0.713. The third-order valence-corrected chi connectivity index (χ3v) is 6.01. The van der Waals surface area contributed by atoms with Gasteiger partial charge in [0.1, 0.15) is 17.3 Å². The zero-order chi connectivity index (χ0) is 16.9. The average Bonchev–Trinajstić information content (AvgIpc) is 2.98. The highest BCUT2D eigenvalue weighted by molar-refractivity contribution is 7.89. The first-order valence-corrected chi connectivity index (χ1v) is 9.40. The van der Waals surface area contributed by atoms with Crippen molar-refractivity contribution in [2.75, 3.05) is 40.5 Å². The van der Waals surface area contributed by atoms with Crippen LogP contribution in [0.25, 0.3) is 0 Å². The average molecular weight is 363 g/mol. The fourth-order valence-electron chi connectivity index (χ4n) is 2.73. The van der Waals surface area contributed by atoms with E-state index in [0.29, 0.717) is 30.5 Å². The second kappa shape index (κ2) is 8.30. The third kappa shape index (κ3) is 4.36. The monoisotopic (exact) mass is 362 g/mol. The van der Waals surface area contributed by atoms with Gasteiger partial charge < -0.3 is 14.8 Å². The Morgan fingerprint density at radius 1 is 1.39 bits per heavy atom. The van der Waals surface area contributed by atoms with E-state index in [1.165, 1.54) is 6.07 Å². The molecule has 1 saturated heterocycles. The molecule has 1 atom stereocenters. The second-order valence-electron chi connectivity index (χ2n) is 5.40. The van der Waals surface area contributed by atoms with Gasteiger partial charge in [-0.3, -0.25) is 0 Å². The van der Waals surface area contributed by atoms with Crippen molar-refractivity contribution in [2.45, 2.75) is 23.8 Å². The van der Waals surface area contributed by atoms with Crippen molar-refractivity contribution in [3.8, 4) is 5.75 Å². The molecule has 1 fully saturated rings. The fourth-order valence-corrected chi connectivity index (χ4v) is 4.82. The number of ether oxygens (including phenoxy) is 2. The molecule has 1 aliphatic heterocycles. The number of nitrogens with zero attached hydrogens (tertiary/aromatic N) is 1. The molecule has 1 aliphatic rings. The first kappa shape index (κ1) is 18.5. The maximum Gasteiger partial charge on any atom is 0.247 e. The van der Waals surface area contributed by atoms with E-state index in [9.17, 15) is 8.42 Å². The molecule has 2 rings (SSSR count). The number of hydrogen-bond acceptors (Lipinski definition) is 5. The van der Waals surface area contributed by atoms with Gasteiger partial charge in [0, 0.05) is 31.3 Å². The van der Waals surface area contributed by atoms with Gasteiger partial charge in [-0.2, -0.15) is 4.31 Å². The predicted molar refractivity (Wildman–Crippen MR) is 89.7 cm³/mol. The van der Waals surface area contributed by atoms with E-state index in [4.69, 9.17) is 21.1 Å².